The zero-order chi connectivity index (χ0) is 12.7. The molecule has 1 heterocycles. The second kappa shape index (κ2) is 9.09. The van der Waals surface area contributed by atoms with Gasteiger partial charge in [0.25, 0.3) is 0 Å². The van der Waals surface area contributed by atoms with Crippen molar-refractivity contribution in [1.82, 2.24) is 9.62 Å². The number of ether oxygens (including phenoxy) is 1. The average molecular weight is 301 g/mol. The Morgan fingerprint density at radius 1 is 1.33 bits per heavy atom. The summed E-state index contributed by atoms with van der Waals surface area (Å²) in [5.41, 5.74) is 0. The predicted molar refractivity (Wildman–Crippen MR) is 75.8 cm³/mol. The Balaban J connectivity index is 0.00000289. The minimum absolute atomic E-state index is 0. The topological polar surface area (TPSA) is 58.6 Å². The molecule has 1 N–H and O–H groups in total. The molecule has 0 saturated carbocycles. The minimum Gasteiger partial charge on any atom is -0.384 e. The van der Waals surface area contributed by atoms with Gasteiger partial charge in [-0.05, 0) is 31.8 Å². The van der Waals surface area contributed by atoms with Crippen molar-refractivity contribution in [2.45, 2.75) is 19.8 Å². The number of halogens is 1. The van der Waals surface area contributed by atoms with Gasteiger partial charge in [0.15, 0.2) is 0 Å². The zero-order valence-electron chi connectivity index (χ0n) is 11.2. The smallest absolute Gasteiger partial charge is 0.216 e. The van der Waals surface area contributed by atoms with E-state index in [1.54, 1.807) is 4.31 Å². The van der Waals surface area contributed by atoms with E-state index in [0.29, 0.717) is 19.0 Å². The van der Waals surface area contributed by atoms with E-state index in [0.717, 1.165) is 25.9 Å². The van der Waals surface area contributed by atoms with Crippen LogP contribution in [0.1, 0.15) is 19.8 Å². The fourth-order valence-corrected chi connectivity index (χ4v) is 3.46. The molecule has 7 heteroatoms. The molecule has 0 aromatic carbocycles. The molecule has 1 saturated heterocycles. The standard InChI is InChI=1S/C11H24N2O3S.ClH/c1-3-12-10-11-4-6-13(7-5-11)17(14,15)9-8-16-2;/h11-12H,3-10H2,1-2H3;1H. The lowest BCUT2D eigenvalue weighted by atomic mass is 9.98. The van der Waals surface area contributed by atoms with Crippen LogP contribution in [0.5, 0.6) is 0 Å². The molecule has 0 atom stereocenters. The van der Waals surface area contributed by atoms with Gasteiger partial charge in [0.1, 0.15) is 0 Å². The third-order valence-electron chi connectivity index (χ3n) is 3.20. The van der Waals surface area contributed by atoms with Gasteiger partial charge >= 0.3 is 0 Å². The van der Waals surface area contributed by atoms with Crippen LogP contribution in [0.4, 0.5) is 0 Å². The van der Waals surface area contributed by atoms with E-state index >= 15 is 0 Å². The summed E-state index contributed by atoms with van der Waals surface area (Å²) in [5, 5.41) is 3.32. The Morgan fingerprint density at radius 3 is 2.44 bits per heavy atom. The van der Waals surface area contributed by atoms with Crippen molar-refractivity contribution in [2.24, 2.45) is 5.92 Å². The molecule has 1 fully saturated rings. The molecule has 1 aliphatic heterocycles. The molecule has 0 bridgehead atoms. The maximum absolute atomic E-state index is 11.9. The Kier molecular flexibility index (Phi) is 9.15. The van der Waals surface area contributed by atoms with Crippen LogP contribution in [0.15, 0.2) is 0 Å². The lowest BCUT2D eigenvalue weighted by Crippen LogP contribution is -2.42. The number of hydrogen-bond donors (Lipinski definition) is 1. The molecule has 18 heavy (non-hydrogen) atoms. The molecule has 0 aromatic rings. The fourth-order valence-electron chi connectivity index (χ4n) is 2.06. The first-order valence-corrected chi connectivity index (χ1v) is 7.88. The Labute approximate surface area is 117 Å². The third kappa shape index (κ3) is 5.84. The molecular formula is C11H25ClN2O3S. The van der Waals surface area contributed by atoms with Crippen molar-refractivity contribution in [3.05, 3.63) is 0 Å². The number of methoxy groups -OCH3 is 1. The van der Waals surface area contributed by atoms with Crippen LogP contribution in [0, 0.1) is 5.92 Å². The molecular weight excluding hydrogens is 276 g/mol. The van der Waals surface area contributed by atoms with Gasteiger partial charge in [-0.25, -0.2) is 12.7 Å². The Hall–Kier alpha value is 0.120. The van der Waals surface area contributed by atoms with Gasteiger partial charge in [0, 0.05) is 20.2 Å². The van der Waals surface area contributed by atoms with Crippen molar-refractivity contribution < 1.29 is 13.2 Å². The summed E-state index contributed by atoms with van der Waals surface area (Å²) in [6, 6.07) is 0. The van der Waals surface area contributed by atoms with Gasteiger partial charge in [-0.1, -0.05) is 6.92 Å². The van der Waals surface area contributed by atoms with Crippen molar-refractivity contribution in [2.75, 3.05) is 45.6 Å². The maximum atomic E-state index is 11.9. The number of sulfonamides is 1. The molecule has 0 aliphatic carbocycles. The van der Waals surface area contributed by atoms with E-state index in [4.69, 9.17) is 4.74 Å². The van der Waals surface area contributed by atoms with Gasteiger partial charge in [0.05, 0.1) is 12.4 Å². The summed E-state index contributed by atoms with van der Waals surface area (Å²) in [6.45, 7) is 5.66. The number of piperidine rings is 1. The summed E-state index contributed by atoms with van der Waals surface area (Å²) in [4.78, 5) is 0. The van der Waals surface area contributed by atoms with Gasteiger partial charge < -0.3 is 10.1 Å². The lowest BCUT2D eigenvalue weighted by Gasteiger charge is -2.31. The molecule has 0 amide bonds. The molecule has 0 radical (unpaired) electrons. The van der Waals surface area contributed by atoms with E-state index in [9.17, 15) is 8.42 Å². The van der Waals surface area contributed by atoms with E-state index in [2.05, 4.69) is 12.2 Å². The highest BCUT2D eigenvalue weighted by molar-refractivity contribution is 7.89. The number of nitrogens with zero attached hydrogens (tertiary/aromatic N) is 1. The molecule has 1 aliphatic rings. The van der Waals surface area contributed by atoms with Crippen LogP contribution < -0.4 is 5.32 Å². The van der Waals surface area contributed by atoms with E-state index in [1.165, 1.54) is 7.11 Å². The molecule has 110 valence electrons. The Bertz CT molecular complexity index is 303. The summed E-state index contributed by atoms with van der Waals surface area (Å²) in [5.74, 6) is 0.713. The van der Waals surface area contributed by atoms with Crippen LogP contribution in [0.25, 0.3) is 0 Å². The SMILES string of the molecule is CCNCC1CCN(S(=O)(=O)CCOC)CC1.Cl. The number of hydrogen-bond acceptors (Lipinski definition) is 4. The van der Waals surface area contributed by atoms with Crippen LogP contribution in [-0.2, 0) is 14.8 Å². The van der Waals surface area contributed by atoms with E-state index in [-0.39, 0.29) is 24.8 Å². The number of rotatable bonds is 7. The first-order valence-electron chi connectivity index (χ1n) is 6.27. The fraction of sp³-hybridized carbons (Fsp3) is 1.00. The molecule has 5 nitrogen and oxygen atoms in total. The molecule has 0 aromatic heterocycles. The van der Waals surface area contributed by atoms with Gasteiger partial charge in [0.2, 0.25) is 10.0 Å². The second-order valence-electron chi connectivity index (χ2n) is 4.46. The highest BCUT2D eigenvalue weighted by Gasteiger charge is 2.27. The van der Waals surface area contributed by atoms with Crippen LogP contribution in [-0.4, -0.2) is 58.4 Å². The van der Waals surface area contributed by atoms with Crippen molar-refractivity contribution in [3.63, 3.8) is 0 Å². The monoisotopic (exact) mass is 300 g/mol. The third-order valence-corrected chi connectivity index (χ3v) is 5.03. The Morgan fingerprint density at radius 2 is 1.94 bits per heavy atom. The largest absolute Gasteiger partial charge is 0.384 e. The van der Waals surface area contributed by atoms with E-state index in [1.807, 2.05) is 0 Å². The molecule has 1 rings (SSSR count). The van der Waals surface area contributed by atoms with Crippen molar-refractivity contribution in [3.8, 4) is 0 Å². The molecule has 0 unspecified atom stereocenters. The van der Waals surface area contributed by atoms with Crippen molar-refractivity contribution in [1.29, 1.82) is 0 Å². The quantitative estimate of drug-likeness (QED) is 0.752. The van der Waals surface area contributed by atoms with Crippen LogP contribution in [0.2, 0.25) is 0 Å². The summed E-state index contributed by atoms with van der Waals surface area (Å²) in [7, 11) is -1.58. The zero-order valence-corrected chi connectivity index (χ0v) is 12.9. The van der Waals surface area contributed by atoms with E-state index < -0.39 is 10.0 Å². The minimum atomic E-state index is -3.10. The second-order valence-corrected chi connectivity index (χ2v) is 6.55. The molecule has 0 spiro atoms. The normalized spacial score (nSPS) is 18.6. The van der Waals surface area contributed by atoms with Gasteiger partial charge in [-0.15, -0.1) is 12.4 Å². The predicted octanol–water partition coefficient (Wildman–Crippen LogP) is 0.706. The highest BCUT2D eigenvalue weighted by atomic mass is 35.5. The first-order chi connectivity index (χ1) is 8.10. The maximum Gasteiger partial charge on any atom is 0.216 e. The highest BCUT2D eigenvalue weighted by Crippen LogP contribution is 2.19. The van der Waals surface area contributed by atoms with Gasteiger partial charge in [-0.3, -0.25) is 0 Å². The van der Waals surface area contributed by atoms with Crippen LogP contribution in [0.3, 0.4) is 0 Å². The van der Waals surface area contributed by atoms with Gasteiger partial charge in [-0.2, -0.15) is 0 Å². The lowest BCUT2D eigenvalue weighted by molar-refractivity contribution is 0.213. The first kappa shape index (κ1) is 18.1. The summed E-state index contributed by atoms with van der Waals surface area (Å²) in [6.07, 6.45) is 1.92. The average Bonchev–Trinajstić information content (AvgIpc) is 2.34. The summed E-state index contributed by atoms with van der Waals surface area (Å²) >= 11 is 0. The van der Waals surface area contributed by atoms with Crippen LogP contribution >= 0.6 is 12.4 Å². The summed E-state index contributed by atoms with van der Waals surface area (Å²) < 4.78 is 30.2. The number of nitrogens with one attached hydrogen (secondary N) is 1. The van der Waals surface area contributed by atoms with Crippen molar-refractivity contribution >= 4 is 22.4 Å².